The number of ether oxygens (including phenoxy) is 2. The van der Waals surface area contributed by atoms with E-state index in [1.807, 2.05) is 30.3 Å². The summed E-state index contributed by atoms with van der Waals surface area (Å²) in [5.41, 5.74) is 1.25. The molecular weight excluding hydrogens is 364 g/mol. The lowest BCUT2D eigenvalue weighted by Gasteiger charge is -2.28. The predicted molar refractivity (Wildman–Crippen MR) is 106 cm³/mol. The Balaban J connectivity index is 1.84. The first kappa shape index (κ1) is 21.0. The molecule has 144 valence electrons. The number of rotatable bonds is 9. The second kappa shape index (κ2) is 9.61. The van der Waals surface area contributed by atoms with Crippen LogP contribution in [0.4, 0.5) is 0 Å². The SMILES string of the molecule is COc1ccc(CC(C)(C)NC[C@@H](O)COc2cccc(Cl)c2C#N)cc1. The average Bonchev–Trinajstić information content (AvgIpc) is 2.65. The molecule has 0 aliphatic carbocycles. The van der Waals surface area contributed by atoms with Gasteiger partial charge in [0.1, 0.15) is 35.8 Å². The second-order valence-electron chi connectivity index (χ2n) is 6.98. The highest BCUT2D eigenvalue weighted by Gasteiger charge is 2.20. The third kappa shape index (κ3) is 6.44. The van der Waals surface area contributed by atoms with Gasteiger partial charge < -0.3 is 19.9 Å². The van der Waals surface area contributed by atoms with E-state index in [9.17, 15) is 5.11 Å². The first-order valence-electron chi connectivity index (χ1n) is 8.72. The Labute approximate surface area is 165 Å². The van der Waals surface area contributed by atoms with Crippen LogP contribution in [0.1, 0.15) is 25.0 Å². The van der Waals surface area contributed by atoms with E-state index in [0.29, 0.717) is 17.3 Å². The first-order chi connectivity index (χ1) is 12.8. The molecule has 0 saturated heterocycles. The van der Waals surface area contributed by atoms with Crippen molar-refractivity contribution in [3.63, 3.8) is 0 Å². The molecule has 1 atom stereocenters. The lowest BCUT2D eigenvalue weighted by Crippen LogP contribution is -2.46. The summed E-state index contributed by atoms with van der Waals surface area (Å²) < 4.78 is 10.7. The number of β-amino-alcohol motifs (C(OH)–C–C–N with tert-alkyl or cyclic N) is 1. The van der Waals surface area contributed by atoms with Crippen LogP contribution in [0.15, 0.2) is 42.5 Å². The van der Waals surface area contributed by atoms with Crippen LogP contribution in [0.5, 0.6) is 11.5 Å². The van der Waals surface area contributed by atoms with Crippen molar-refractivity contribution in [3.05, 3.63) is 58.6 Å². The normalized spacial score (nSPS) is 12.3. The number of hydrogen-bond acceptors (Lipinski definition) is 5. The molecule has 0 fully saturated rings. The van der Waals surface area contributed by atoms with Crippen molar-refractivity contribution in [3.8, 4) is 17.6 Å². The van der Waals surface area contributed by atoms with Crippen LogP contribution >= 0.6 is 11.6 Å². The maximum absolute atomic E-state index is 10.2. The number of aliphatic hydroxyl groups is 1. The van der Waals surface area contributed by atoms with Crippen LogP contribution in [0.3, 0.4) is 0 Å². The van der Waals surface area contributed by atoms with E-state index in [0.717, 1.165) is 12.2 Å². The van der Waals surface area contributed by atoms with Gasteiger partial charge in [-0.25, -0.2) is 0 Å². The average molecular weight is 389 g/mol. The smallest absolute Gasteiger partial charge is 0.138 e. The summed E-state index contributed by atoms with van der Waals surface area (Å²) in [6.07, 6.45) is 0.0860. The van der Waals surface area contributed by atoms with E-state index >= 15 is 0 Å². The third-order valence-corrected chi connectivity index (χ3v) is 4.45. The van der Waals surface area contributed by atoms with Crippen molar-refractivity contribution in [2.45, 2.75) is 31.9 Å². The second-order valence-corrected chi connectivity index (χ2v) is 7.39. The lowest BCUT2D eigenvalue weighted by atomic mass is 9.94. The molecule has 0 bridgehead atoms. The molecule has 0 unspecified atom stereocenters. The fourth-order valence-electron chi connectivity index (χ4n) is 2.69. The monoisotopic (exact) mass is 388 g/mol. The Hall–Kier alpha value is -2.26. The number of methoxy groups -OCH3 is 1. The van der Waals surface area contributed by atoms with Crippen LogP contribution in [-0.4, -0.2) is 37.0 Å². The van der Waals surface area contributed by atoms with Gasteiger partial charge in [-0.3, -0.25) is 0 Å². The van der Waals surface area contributed by atoms with Gasteiger partial charge in [-0.05, 0) is 50.1 Å². The highest BCUT2D eigenvalue weighted by atomic mass is 35.5. The van der Waals surface area contributed by atoms with Crippen molar-refractivity contribution < 1.29 is 14.6 Å². The van der Waals surface area contributed by atoms with Crippen LogP contribution in [0.2, 0.25) is 5.02 Å². The summed E-state index contributed by atoms with van der Waals surface area (Å²) in [5.74, 6) is 1.20. The molecule has 0 spiro atoms. The zero-order valence-electron chi connectivity index (χ0n) is 15.8. The van der Waals surface area contributed by atoms with Crippen LogP contribution < -0.4 is 14.8 Å². The molecule has 0 aromatic heterocycles. The number of aliphatic hydroxyl groups excluding tert-OH is 1. The summed E-state index contributed by atoms with van der Waals surface area (Å²) in [4.78, 5) is 0. The minimum atomic E-state index is -0.717. The van der Waals surface area contributed by atoms with E-state index < -0.39 is 6.10 Å². The van der Waals surface area contributed by atoms with E-state index in [1.54, 1.807) is 25.3 Å². The Kier molecular flexibility index (Phi) is 7.49. The fraction of sp³-hybridized carbons (Fsp3) is 0.381. The van der Waals surface area contributed by atoms with Gasteiger partial charge >= 0.3 is 0 Å². The Bertz CT molecular complexity index is 785. The van der Waals surface area contributed by atoms with Crippen molar-refractivity contribution in [1.29, 1.82) is 5.26 Å². The molecule has 0 saturated carbocycles. The zero-order valence-corrected chi connectivity index (χ0v) is 16.6. The molecule has 2 rings (SSSR count). The molecule has 27 heavy (non-hydrogen) atoms. The van der Waals surface area contributed by atoms with Gasteiger partial charge in [-0.1, -0.05) is 29.8 Å². The highest BCUT2D eigenvalue weighted by molar-refractivity contribution is 6.31. The topological polar surface area (TPSA) is 74.5 Å². The van der Waals surface area contributed by atoms with Crippen LogP contribution in [0, 0.1) is 11.3 Å². The molecule has 0 amide bonds. The molecule has 5 nitrogen and oxygen atoms in total. The molecule has 2 aromatic rings. The maximum Gasteiger partial charge on any atom is 0.138 e. The summed E-state index contributed by atoms with van der Waals surface area (Å²) in [6.45, 7) is 4.59. The molecule has 0 aliphatic rings. The molecule has 0 heterocycles. The Morgan fingerprint density at radius 3 is 2.56 bits per heavy atom. The summed E-state index contributed by atoms with van der Waals surface area (Å²) in [5, 5.41) is 23.1. The number of benzene rings is 2. The van der Waals surface area contributed by atoms with Gasteiger partial charge in [0.25, 0.3) is 0 Å². The number of nitrogens with one attached hydrogen (secondary N) is 1. The van der Waals surface area contributed by atoms with Gasteiger partial charge in [-0.2, -0.15) is 5.26 Å². The summed E-state index contributed by atoms with van der Waals surface area (Å²) in [7, 11) is 1.65. The molecule has 6 heteroatoms. The standard InChI is InChI=1S/C21H25ClN2O3/c1-21(2,11-15-7-9-17(26-3)10-8-15)24-13-16(25)14-27-20-6-4-5-19(22)18(20)12-23/h4-10,16,24-25H,11,13-14H2,1-3H3/t16-/m1/s1. The molecule has 2 aromatic carbocycles. The first-order valence-corrected chi connectivity index (χ1v) is 9.10. The quantitative estimate of drug-likeness (QED) is 0.686. The van der Waals surface area contributed by atoms with Crippen LogP contribution in [0.25, 0.3) is 0 Å². The van der Waals surface area contributed by atoms with E-state index in [2.05, 4.69) is 19.2 Å². The van der Waals surface area contributed by atoms with Crippen molar-refractivity contribution >= 4 is 11.6 Å². The van der Waals surface area contributed by atoms with Crippen molar-refractivity contribution in [1.82, 2.24) is 5.32 Å². The Morgan fingerprint density at radius 1 is 1.22 bits per heavy atom. The molecule has 2 N–H and O–H groups in total. The maximum atomic E-state index is 10.2. The zero-order chi connectivity index (χ0) is 19.9. The van der Waals surface area contributed by atoms with Gasteiger partial charge in [0.15, 0.2) is 0 Å². The van der Waals surface area contributed by atoms with Crippen LogP contribution in [-0.2, 0) is 6.42 Å². The lowest BCUT2D eigenvalue weighted by molar-refractivity contribution is 0.0987. The number of nitriles is 1. The van der Waals surface area contributed by atoms with Crippen molar-refractivity contribution in [2.24, 2.45) is 0 Å². The van der Waals surface area contributed by atoms with Crippen molar-refractivity contribution in [2.75, 3.05) is 20.3 Å². The predicted octanol–water partition coefficient (Wildman–Crippen LogP) is 3.57. The van der Waals surface area contributed by atoms with E-state index in [-0.39, 0.29) is 17.7 Å². The van der Waals surface area contributed by atoms with Gasteiger partial charge in [0.2, 0.25) is 0 Å². The number of hydrogen-bond donors (Lipinski definition) is 2. The highest BCUT2D eigenvalue weighted by Crippen LogP contribution is 2.25. The fourth-order valence-corrected chi connectivity index (χ4v) is 2.90. The molecule has 0 aliphatic heterocycles. The van der Waals surface area contributed by atoms with E-state index in [1.165, 1.54) is 5.56 Å². The van der Waals surface area contributed by atoms with Gasteiger partial charge in [-0.15, -0.1) is 0 Å². The summed E-state index contributed by atoms with van der Waals surface area (Å²) >= 11 is 5.98. The van der Waals surface area contributed by atoms with Gasteiger partial charge in [0.05, 0.1) is 12.1 Å². The molecular formula is C21H25ClN2O3. The number of halogens is 1. The molecule has 0 radical (unpaired) electrons. The minimum Gasteiger partial charge on any atom is -0.497 e. The summed E-state index contributed by atoms with van der Waals surface area (Å²) in [6, 6.07) is 15.0. The van der Waals surface area contributed by atoms with E-state index in [4.69, 9.17) is 26.3 Å². The Morgan fingerprint density at radius 2 is 1.93 bits per heavy atom. The minimum absolute atomic E-state index is 0.0701. The third-order valence-electron chi connectivity index (χ3n) is 4.14. The largest absolute Gasteiger partial charge is 0.497 e. The van der Waals surface area contributed by atoms with Gasteiger partial charge in [0, 0.05) is 12.1 Å². The number of nitrogens with zero attached hydrogens (tertiary/aromatic N) is 1.